The third kappa shape index (κ3) is 9.00. The van der Waals surface area contributed by atoms with Crippen LogP contribution in [0.15, 0.2) is 0 Å². The summed E-state index contributed by atoms with van der Waals surface area (Å²) in [4.78, 5) is 0. The van der Waals surface area contributed by atoms with Crippen LogP contribution in [-0.2, 0) is 52.1 Å². The van der Waals surface area contributed by atoms with Gasteiger partial charge in [-0.25, -0.2) is 0 Å². The van der Waals surface area contributed by atoms with Gasteiger partial charge in [0.15, 0.2) is 6.29 Å². The van der Waals surface area contributed by atoms with E-state index in [0.29, 0.717) is 71.9 Å². The van der Waals surface area contributed by atoms with Crippen molar-refractivity contribution in [2.75, 3.05) is 40.6 Å². The molecule has 11 heteroatoms. The zero-order valence-corrected chi connectivity index (χ0v) is 43.7. The molecule has 21 rings (SSSR count). The average molecular weight is 1000 g/mol. The number of rotatable bonds is 21. The highest BCUT2D eigenvalue weighted by Crippen LogP contribution is 2.59. The lowest BCUT2D eigenvalue weighted by molar-refractivity contribution is -0.365. The van der Waals surface area contributed by atoms with Crippen LogP contribution in [0.2, 0.25) is 0 Å². The molecule has 11 nitrogen and oxygen atoms in total. The maximum Gasteiger partial charge on any atom is 0.189 e. The molecule has 0 unspecified atom stereocenters. The second-order valence-electron chi connectivity index (χ2n) is 29.4. The zero-order chi connectivity index (χ0) is 47.0. The first-order chi connectivity index (χ1) is 35.5. The van der Waals surface area contributed by atoms with Gasteiger partial charge in [0.25, 0.3) is 0 Å². The first-order valence-electron chi connectivity index (χ1n) is 31.3. The monoisotopic (exact) mass is 1000 g/mol. The molecule has 0 amide bonds. The fraction of sp³-hybridized carbons (Fsp3) is 1.00. The van der Waals surface area contributed by atoms with Gasteiger partial charge in [0.1, 0.15) is 58.4 Å². The van der Waals surface area contributed by atoms with E-state index in [1.165, 1.54) is 161 Å². The Balaban J connectivity index is 0.665. The first kappa shape index (κ1) is 47.6. The molecule has 21 aliphatic rings. The molecule has 20 bridgehead atoms. The molecule has 0 aromatic rings. The summed E-state index contributed by atoms with van der Waals surface area (Å²) in [5, 5.41) is 0. The Morgan fingerprint density at radius 1 is 0.222 bits per heavy atom. The SMILES string of the molecule is C(OC[C@H]1O[C@H](OCOC2C3CC4CC(C3)CC2C4)[C@H](OCOC2C3CC4CC(C3)CC2C4)[C@@H](OCOC2C3CC4CC(C3)CC2C4)[C@@H]1OCOC1C2CC3CC(C2)CC1C3)OC1C2CC3CC(C2)CC1C3. The molecule has 402 valence electrons. The molecule has 21 fully saturated rings. The Bertz CT molecular complexity index is 1750. The van der Waals surface area contributed by atoms with Gasteiger partial charge in [0.2, 0.25) is 0 Å². The molecule has 1 saturated heterocycles. The minimum Gasteiger partial charge on any atom is -0.353 e. The van der Waals surface area contributed by atoms with E-state index in [0.717, 1.165) is 59.2 Å². The van der Waals surface area contributed by atoms with Crippen molar-refractivity contribution in [1.82, 2.24) is 0 Å². The van der Waals surface area contributed by atoms with Crippen LogP contribution in [0.25, 0.3) is 0 Å². The van der Waals surface area contributed by atoms with Crippen molar-refractivity contribution < 1.29 is 52.1 Å². The Morgan fingerprint density at radius 2 is 0.458 bits per heavy atom. The molecule has 0 radical (unpaired) electrons. The topological polar surface area (TPSA) is 102 Å². The summed E-state index contributed by atoms with van der Waals surface area (Å²) >= 11 is 0. The molecule has 0 aromatic carbocycles. The Labute approximate surface area is 431 Å². The van der Waals surface area contributed by atoms with Crippen LogP contribution >= 0.6 is 0 Å². The molecule has 1 aliphatic heterocycles. The van der Waals surface area contributed by atoms with Crippen LogP contribution in [0, 0.1) is 118 Å². The normalized spacial score (nSPS) is 56.3. The number of hydrogen-bond donors (Lipinski definition) is 0. The number of ether oxygens (including phenoxy) is 11. The van der Waals surface area contributed by atoms with Gasteiger partial charge in [-0.15, -0.1) is 0 Å². The van der Waals surface area contributed by atoms with E-state index < -0.39 is 30.7 Å². The first-order valence-corrected chi connectivity index (χ1v) is 31.3. The van der Waals surface area contributed by atoms with Crippen molar-refractivity contribution in [3.8, 4) is 0 Å². The molecule has 20 saturated carbocycles. The van der Waals surface area contributed by atoms with Crippen LogP contribution < -0.4 is 0 Å². The molecule has 20 aliphatic carbocycles. The fourth-order valence-corrected chi connectivity index (χ4v) is 23.5. The summed E-state index contributed by atoms with van der Waals surface area (Å²) in [6.45, 7) is 1.26. The minimum atomic E-state index is -0.778. The molecular weight excluding hydrogens is 909 g/mol. The minimum absolute atomic E-state index is 0.162. The van der Waals surface area contributed by atoms with Crippen LogP contribution in [0.4, 0.5) is 0 Å². The van der Waals surface area contributed by atoms with E-state index >= 15 is 0 Å². The largest absolute Gasteiger partial charge is 0.353 e. The van der Waals surface area contributed by atoms with Crippen LogP contribution in [0.3, 0.4) is 0 Å². The lowest BCUT2D eigenvalue weighted by Crippen LogP contribution is -2.63. The number of hydrogen-bond acceptors (Lipinski definition) is 11. The maximum atomic E-state index is 7.22. The summed E-state index contributed by atoms with van der Waals surface area (Å²) in [5.74, 6) is 15.4. The summed E-state index contributed by atoms with van der Waals surface area (Å²) in [5.41, 5.74) is 0. The van der Waals surface area contributed by atoms with Gasteiger partial charge in [-0.05, 0) is 279 Å². The van der Waals surface area contributed by atoms with Crippen LogP contribution in [-0.4, -0.2) is 102 Å². The third-order valence-corrected chi connectivity index (χ3v) is 25.0. The molecule has 5 atom stereocenters. The summed E-state index contributed by atoms with van der Waals surface area (Å²) in [6, 6.07) is 0. The van der Waals surface area contributed by atoms with E-state index in [2.05, 4.69) is 0 Å². The summed E-state index contributed by atoms with van der Waals surface area (Å²) in [6.07, 6.45) is 31.6. The molecule has 72 heavy (non-hydrogen) atoms. The standard InChI is InChI=1S/C61H92O11/c1-32-6-42-8-33(1)9-43(7-32)53(42)63-27-62-26-52-58(68-28-64-54-44-10-34-2-35(12-44)13-45(54)11-34)59(69-29-65-55-46-14-36-3-37(16-46)17-47(55)15-36)60(70-30-66-56-48-18-38-4-39(20-48)21-49(56)19-38)61(72-52)71-31-67-57-50-22-40-5-41(24-50)25-51(57)23-40/h32-61H,1-31H2/t32?,33?,34?,35?,36?,37?,38?,39?,40?,41?,42?,43?,44?,45?,46?,47?,48?,49?,50?,51?,52-,53?,54?,55?,56?,57?,58-,59+,60-,61+/m1/s1. The predicted octanol–water partition coefficient (Wildman–Crippen LogP) is 10.9. The molecular formula is C61H92O11. The Kier molecular flexibility index (Phi) is 13.0. The zero-order valence-electron chi connectivity index (χ0n) is 43.7. The fourth-order valence-electron chi connectivity index (χ4n) is 23.5. The van der Waals surface area contributed by atoms with Gasteiger partial charge >= 0.3 is 0 Å². The lowest BCUT2D eigenvalue weighted by atomic mass is 9.55. The molecule has 0 spiro atoms. The van der Waals surface area contributed by atoms with E-state index in [9.17, 15) is 0 Å². The highest BCUT2D eigenvalue weighted by Gasteiger charge is 2.56. The Morgan fingerprint density at radius 3 is 0.764 bits per heavy atom. The van der Waals surface area contributed by atoms with E-state index in [4.69, 9.17) is 52.1 Å². The van der Waals surface area contributed by atoms with Gasteiger partial charge in [0, 0.05) is 0 Å². The summed E-state index contributed by atoms with van der Waals surface area (Å²) in [7, 11) is 0. The maximum absolute atomic E-state index is 7.22. The van der Waals surface area contributed by atoms with Gasteiger partial charge in [0.05, 0.1) is 37.1 Å². The van der Waals surface area contributed by atoms with Gasteiger partial charge < -0.3 is 52.1 Å². The smallest absolute Gasteiger partial charge is 0.189 e. The quantitative estimate of drug-likeness (QED) is 0.0811. The van der Waals surface area contributed by atoms with Crippen molar-refractivity contribution in [1.29, 1.82) is 0 Å². The molecule has 1 heterocycles. The lowest BCUT2D eigenvalue weighted by Gasteiger charge is -2.54. The van der Waals surface area contributed by atoms with Crippen molar-refractivity contribution in [2.24, 2.45) is 118 Å². The second-order valence-corrected chi connectivity index (χ2v) is 29.4. The van der Waals surface area contributed by atoms with Crippen LogP contribution in [0.5, 0.6) is 0 Å². The highest BCUT2D eigenvalue weighted by molar-refractivity contribution is 5.04. The van der Waals surface area contributed by atoms with Crippen molar-refractivity contribution >= 4 is 0 Å². The van der Waals surface area contributed by atoms with Gasteiger partial charge in [-0.2, -0.15) is 0 Å². The predicted molar refractivity (Wildman–Crippen MR) is 264 cm³/mol. The molecule has 0 N–H and O–H groups in total. The van der Waals surface area contributed by atoms with Crippen LogP contribution in [0.1, 0.15) is 161 Å². The molecule has 0 aromatic heterocycles. The third-order valence-electron chi connectivity index (χ3n) is 25.0. The van der Waals surface area contributed by atoms with Crippen molar-refractivity contribution in [2.45, 2.75) is 222 Å². The average Bonchev–Trinajstić information content (AvgIpc) is 3.34. The van der Waals surface area contributed by atoms with E-state index in [1.807, 2.05) is 0 Å². The van der Waals surface area contributed by atoms with Gasteiger partial charge in [-0.1, -0.05) is 0 Å². The van der Waals surface area contributed by atoms with Crippen molar-refractivity contribution in [3.05, 3.63) is 0 Å². The van der Waals surface area contributed by atoms with Crippen molar-refractivity contribution in [3.63, 3.8) is 0 Å². The van der Waals surface area contributed by atoms with E-state index in [-0.39, 0.29) is 58.4 Å². The Hall–Kier alpha value is -0.440. The highest BCUT2D eigenvalue weighted by atomic mass is 16.8. The van der Waals surface area contributed by atoms with Gasteiger partial charge in [-0.3, -0.25) is 0 Å². The van der Waals surface area contributed by atoms with E-state index in [1.54, 1.807) is 0 Å². The second kappa shape index (κ2) is 19.7. The summed E-state index contributed by atoms with van der Waals surface area (Å²) < 4.78 is 76.8.